The van der Waals surface area contributed by atoms with Crippen molar-refractivity contribution in [2.45, 2.75) is 12.8 Å². The molecule has 126 valence electrons. The summed E-state index contributed by atoms with van der Waals surface area (Å²) in [6.07, 6.45) is 2.04. The molecule has 1 aliphatic heterocycles. The fourth-order valence-corrected chi connectivity index (χ4v) is 3.00. The number of para-hydroxylation sites is 1. The molecule has 4 heteroatoms. The Balaban J connectivity index is 1.51. The van der Waals surface area contributed by atoms with E-state index in [1.165, 1.54) is 0 Å². The van der Waals surface area contributed by atoms with Gasteiger partial charge in [0.2, 0.25) is 5.91 Å². The Morgan fingerprint density at radius 3 is 2.71 bits per heavy atom. The van der Waals surface area contributed by atoms with E-state index in [-0.39, 0.29) is 11.8 Å². The van der Waals surface area contributed by atoms with Crippen LogP contribution in [0.2, 0.25) is 0 Å². The molecule has 0 saturated carbocycles. The van der Waals surface area contributed by atoms with Crippen LogP contribution in [0.3, 0.4) is 0 Å². The second kappa shape index (κ2) is 8.50. The summed E-state index contributed by atoms with van der Waals surface area (Å²) in [6, 6.07) is 18.2. The maximum Gasteiger partial charge on any atom is 0.224 e. The number of piperidine rings is 1. The van der Waals surface area contributed by atoms with Gasteiger partial charge in [0.25, 0.3) is 0 Å². The monoisotopic (exact) mass is 324 g/mol. The summed E-state index contributed by atoms with van der Waals surface area (Å²) in [4.78, 5) is 12.1. The normalized spacial score (nSPS) is 17.2. The number of hydrogen-bond donors (Lipinski definition) is 2. The van der Waals surface area contributed by atoms with E-state index in [4.69, 9.17) is 4.74 Å². The van der Waals surface area contributed by atoms with Crippen LogP contribution in [0.5, 0.6) is 5.75 Å². The van der Waals surface area contributed by atoms with Gasteiger partial charge in [0.1, 0.15) is 12.4 Å². The van der Waals surface area contributed by atoms with E-state index in [0.717, 1.165) is 42.8 Å². The summed E-state index contributed by atoms with van der Waals surface area (Å²) in [6.45, 7) is 2.79. The summed E-state index contributed by atoms with van der Waals surface area (Å²) < 4.78 is 5.90. The average Bonchev–Trinajstić information content (AvgIpc) is 2.67. The van der Waals surface area contributed by atoms with Crippen molar-refractivity contribution in [3.05, 3.63) is 54.6 Å². The minimum atomic E-state index is 0.0929. The molecule has 0 radical (unpaired) electrons. The number of amides is 1. The predicted molar refractivity (Wildman–Crippen MR) is 96.0 cm³/mol. The van der Waals surface area contributed by atoms with E-state index in [1.54, 1.807) is 0 Å². The molecule has 24 heavy (non-hydrogen) atoms. The van der Waals surface area contributed by atoms with Gasteiger partial charge < -0.3 is 15.4 Å². The molecular formula is C20H24N2O2. The van der Waals surface area contributed by atoms with Crippen molar-refractivity contribution in [3.8, 4) is 16.9 Å². The van der Waals surface area contributed by atoms with E-state index in [0.29, 0.717) is 13.2 Å². The van der Waals surface area contributed by atoms with E-state index >= 15 is 0 Å². The van der Waals surface area contributed by atoms with E-state index in [2.05, 4.69) is 28.8 Å². The van der Waals surface area contributed by atoms with Crippen molar-refractivity contribution in [2.24, 2.45) is 5.92 Å². The molecule has 2 aromatic rings. The Kier molecular flexibility index (Phi) is 5.85. The van der Waals surface area contributed by atoms with Crippen LogP contribution in [0.4, 0.5) is 0 Å². The first-order valence-corrected chi connectivity index (χ1v) is 8.60. The molecule has 2 N–H and O–H groups in total. The summed E-state index contributed by atoms with van der Waals surface area (Å²) in [5.41, 5.74) is 2.20. The maximum atomic E-state index is 12.1. The molecular weight excluding hydrogens is 300 g/mol. The van der Waals surface area contributed by atoms with Crippen LogP contribution in [0.15, 0.2) is 54.6 Å². The van der Waals surface area contributed by atoms with E-state index in [1.807, 2.05) is 36.4 Å². The predicted octanol–water partition coefficient (Wildman–Crippen LogP) is 2.85. The quantitative estimate of drug-likeness (QED) is 0.803. The topological polar surface area (TPSA) is 50.4 Å². The number of rotatable bonds is 6. The van der Waals surface area contributed by atoms with Crippen LogP contribution in [0.25, 0.3) is 11.1 Å². The molecule has 2 aromatic carbocycles. The minimum Gasteiger partial charge on any atom is -0.491 e. The third-order valence-corrected chi connectivity index (χ3v) is 4.30. The van der Waals surface area contributed by atoms with Gasteiger partial charge in [-0.25, -0.2) is 0 Å². The standard InChI is InChI=1S/C20H24N2O2/c23-20(17-9-6-12-21-15-17)22-13-14-24-19-11-5-4-10-18(19)16-7-2-1-3-8-16/h1-5,7-8,10-11,17,21H,6,9,12-15H2,(H,22,23). The number of hydrogen-bond acceptors (Lipinski definition) is 3. The molecule has 0 spiro atoms. The van der Waals surface area contributed by atoms with Gasteiger partial charge in [-0.2, -0.15) is 0 Å². The fraction of sp³-hybridized carbons (Fsp3) is 0.350. The van der Waals surface area contributed by atoms with Crippen molar-refractivity contribution in [1.82, 2.24) is 10.6 Å². The highest BCUT2D eigenvalue weighted by Crippen LogP contribution is 2.29. The number of benzene rings is 2. The van der Waals surface area contributed by atoms with E-state index in [9.17, 15) is 4.79 Å². The Labute approximate surface area is 143 Å². The maximum absolute atomic E-state index is 12.1. The van der Waals surface area contributed by atoms with E-state index < -0.39 is 0 Å². The summed E-state index contributed by atoms with van der Waals surface area (Å²) in [5, 5.41) is 6.24. The van der Waals surface area contributed by atoms with Crippen molar-refractivity contribution < 1.29 is 9.53 Å². The van der Waals surface area contributed by atoms with Crippen molar-refractivity contribution >= 4 is 5.91 Å². The van der Waals surface area contributed by atoms with Crippen molar-refractivity contribution in [1.29, 1.82) is 0 Å². The lowest BCUT2D eigenvalue weighted by Gasteiger charge is -2.22. The highest BCUT2D eigenvalue weighted by Gasteiger charge is 2.20. The molecule has 1 amide bonds. The van der Waals surface area contributed by atoms with Crippen LogP contribution in [-0.4, -0.2) is 32.1 Å². The van der Waals surface area contributed by atoms with Crippen molar-refractivity contribution in [3.63, 3.8) is 0 Å². The van der Waals surface area contributed by atoms with Gasteiger partial charge in [-0.05, 0) is 31.0 Å². The Hall–Kier alpha value is -2.33. The Morgan fingerprint density at radius 1 is 1.12 bits per heavy atom. The third kappa shape index (κ3) is 4.36. The molecule has 3 rings (SSSR count). The van der Waals surface area contributed by atoms with Crippen LogP contribution in [0, 0.1) is 5.92 Å². The lowest BCUT2D eigenvalue weighted by atomic mass is 9.99. The smallest absolute Gasteiger partial charge is 0.224 e. The van der Waals surface area contributed by atoms with Crippen molar-refractivity contribution in [2.75, 3.05) is 26.2 Å². The summed E-state index contributed by atoms with van der Waals surface area (Å²) in [5.74, 6) is 1.06. The number of ether oxygens (including phenoxy) is 1. The Morgan fingerprint density at radius 2 is 1.92 bits per heavy atom. The second-order valence-corrected chi connectivity index (χ2v) is 6.04. The molecule has 1 fully saturated rings. The molecule has 1 saturated heterocycles. The SMILES string of the molecule is O=C(NCCOc1ccccc1-c1ccccc1)C1CCCNC1. The fourth-order valence-electron chi connectivity index (χ4n) is 3.00. The Bertz CT molecular complexity index is 652. The van der Waals surface area contributed by atoms with Crippen LogP contribution in [-0.2, 0) is 4.79 Å². The zero-order valence-corrected chi connectivity index (χ0v) is 13.8. The molecule has 0 bridgehead atoms. The van der Waals surface area contributed by atoms with Crippen LogP contribution >= 0.6 is 0 Å². The zero-order chi connectivity index (χ0) is 16.6. The second-order valence-electron chi connectivity index (χ2n) is 6.04. The molecule has 0 aliphatic carbocycles. The summed E-state index contributed by atoms with van der Waals surface area (Å²) >= 11 is 0. The third-order valence-electron chi connectivity index (χ3n) is 4.30. The lowest BCUT2D eigenvalue weighted by molar-refractivity contribution is -0.125. The zero-order valence-electron chi connectivity index (χ0n) is 13.8. The first-order valence-electron chi connectivity index (χ1n) is 8.60. The highest BCUT2D eigenvalue weighted by molar-refractivity contribution is 5.79. The number of carbonyl (C=O) groups is 1. The highest BCUT2D eigenvalue weighted by atomic mass is 16.5. The number of carbonyl (C=O) groups excluding carboxylic acids is 1. The van der Waals surface area contributed by atoms with Crippen LogP contribution < -0.4 is 15.4 Å². The minimum absolute atomic E-state index is 0.0929. The van der Waals surface area contributed by atoms with Crippen LogP contribution in [0.1, 0.15) is 12.8 Å². The molecule has 1 heterocycles. The average molecular weight is 324 g/mol. The van der Waals surface area contributed by atoms with Gasteiger partial charge in [-0.3, -0.25) is 4.79 Å². The first-order chi connectivity index (χ1) is 11.8. The first kappa shape index (κ1) is 16.5. The van der Waals surface area contributed by atoms with Gasteiger partial charge in [0.05, 0.1) is 12.5 Å². The van der Waals surface area contributed by atoms with Gasteiger partial charge in [-0.15, -0.1) is 0 Å². The number of nitrogens with one attached hydrogen (secondary N) is 2. The summed E-state index contributed by atoms with van der Waals surface area (Å²) in [7, 11) is 0. The molecule has 4 nitrogen and oxygen atoms in total. The molecule has 0 aromatic heterocycles. The molecule has 1 aliphatic rings. The largest absolute Gasteiger partial charge is 0.491 e. The van der Waals surface area contributed by atoms with Gasteiger partial charge in [0.15, 0.2) is 0 Å². The van der Waals surface area contributed by atoms with Gasteiger partial charge in [-0.1, -0.05) is 48.5 Å². The van der Waals surface area contributed by atoms with Gasteiger partial charge >= 0.3 is 0 Å². The molecule has 1 atom stereocenters. The van der Waals surface area contributed by atoms with Gasteiger partial charge in [0, 0.05) is 12.1 Å². The molecule has 1 unspecified atom stereocenters. The lowest BCUT2D eigenvalue weighted by Crippen LogP contribution is -2.41.